The van der Waals surface area contributed by atoms with E-state index in [9.17, 15) is 9.59 Å². The SMILES string of the molecule is CSc1cccc(NC(=O)Nc2cn(CC(C)C)c(=O)c3ccccc23)c1. The molecule has 140 valence electrons. The number of amides is 2. The summed E-state index contributed by atoms with van der Waals surface area (Å²) in [5, 5.41) is 7.08. The van der Waals surface area contributed by atoms with Crippen LogP contribution in [0.5, 0.6) is 0 Å². The first-order valence-corrected chi connectivity index (χ1v) is 10.0. The lowest BCUT2D eigenvalue weighted by atomic mass is 10.1. The second-order valence-electron chi connectivity index (χ2n) is 6.75. The van der Waals surface area contributed by atoms with Crippen molar-refractivity contribution in [2.45, 2.75) is 25.3 Å². The molecule has 0 aliphatic heterocycles. The Hall–Kier alpha value is -2.73. The lowest BCUT2D eigenvalue weighted by Gasteiger charge is -2.15. The fourth-order valence-electron chi connectivity index (χ4n) is 2.96. The number of nitrogens with one attached hydrogen (secondary N) is 2. The Morgan fingerprint density at radius 1 is 1.07 bits per heavy atom. The summed E-state index contributed by atoms with van der Waals surface area (Å²) in [6.07, 6.45) is 3.71. The largest absolute Gasteiger partial charge is 0.323 e. The summed E-state index contributed by atoms with van der Waals surface area (Å²) in [5.41, 5.74) is 1.29. The molecule has 0 atom stereocenters. The number of benzene rings is 2. The van der Waals surface area contributed by atoms with Gasteiger partial charge in [0.2, 0.25) is 0 Å². The van der Waals surface area contributed by atoms with Gasteiger partial charge >= 0.3 is 6.03 Å². The molecule has 2 amide bonds. The monoisotopic (exact) mass is 381 g/mol. The molecule has 0 fully saturated rings. The second kappa shape index (κ2) is 8.31. The average Bonchev–Trinajstić information content (AvgIpc) is 2.65. The maximum Gasteiger partial charge on any atom is 0.323 e. The molecule has 2 N–H and O–H groups in total. The molecule has 1 heterocycles. The van der Waals surface area contributed by atoms with Crippen LogP contribution in [-0.4, -0.2) is 16.9 Å². The smallest absolute Gasteiger partial charge is 0.313 e. The van der Waals surface area contributed by atoms with E-state index < -0.39 is 0 Å². The minimum Gasteiger partial charge on any atom is -0.313 e. The standard InChI is InChI=1S/C21H23N3O2S/c1-14(2)12-24-13-19(17-9-4-5-10-18(17)20(24)25)23-21(26)22-15-7-6-8-16(11-15)27-3/h4-11,13-14H,12H2,1-3H3,(H2,22,23,26). The van der Waals surface area contributed by atoms with Gasteiger partial charge in [0.15, 0.2) is 0 Å². The van der Waals surface area contributed by atoms with Gasteiger partial charge in [-0.1, -0.05) is 38.1 Å². The molecule has 5 nitrogen and oxygen atoms in total. The van der Waals surface area contributed by atoms with E-state index in [4.69, 9.17) is 0 Å². The van der Waals surface area contributed by atoms with E-state index in [0.717, 1.165) is 16.0 Å². The molecule has 0 aliphatic carbocycles. The number of thioether (sulfide) groups is 1. The van der Waals surface area contributed by atoms with Crippen LogP contribution in [-0.2, 0) is 6.54 Å². The summed E-state index contributed by atoms with van der Waals surface area (Å²) in [6, 6.07) is 14.6. The van der Waals surface area contributed by atoms with Gasteiger partial charge in [0.25, 0.3) is 5.56 Å². The van der Waals surface area contributed by atoms with Gasteiger partial charge in [-0.2, -0.15) is 0 Å². The van der Waals surface area contributed by atoms with Gasteiger partial charge in [-0.15, -0.1) is 11.8 Å². The molecule has 3 aromatic rings. The van der Waals surface area contributed by atoms with Crippen LogP contribution in [0.15, 0.2) is 64.4 Å². The van der Waals surface area contributed by atoms with Crippen LogP contribution in [0.1, 0.15) is 13.8 Å². The molecular formula is C21H23N3O2S. The molecule has 0 unspecified atom stereocenters. The van der Waals surface area contributed by atoms with E-state index in [-0.39, 0.29) is 11.6 Å². The van der Waals surface area contributed by atoms with Crippen molar-refractivity contribution >= 4 is 39.9 Å². The Labute approximate surface area is 162 Å². The highest BCUT2D eigenvalue weighted by atomic mass is 32.2. The molecule has 6 heteroatoms. The number of nitrogens with zero attached hydrogens (tertiary/aromatic N) is 1. The first-order chi connectivity index (χ1) is 13.0. The van der Waals surface area contributed by atoms with Crippen molar-refractivity contribution in [2.24, 2.45) is 5.92 Å². The van der Waals surface area contributed by atoms with E-state index in [1.807, 2.05) is 48.7 Å². The van der Waals surface area contributed by atoms with Gasteiger partial charge in [-0.05, 0) is 36.4 Å². The lowest BCUT2D eigenvalue weighted by Crippen LogP contribution is -2.25. The minimum absolute atomic E-state index is 0.0436. The van der Waals surface area contributed by atoms with Crippen LogP contribution in [0.2, 0.25) is 0 Å². The summed E-state index contributed by atoms with van der Waals surface area (Å²) in [7, 11) is 0. The number of carbonyl (C=O) groups excluding carboxylic acids is 1. The normalized spacial score (nSPS) is 11.0. The number of pyridine rings is 1. The number of urea groups is 1. The molecule has 27 heavy (non-hydrogen) atoms. The summed E-state index contributed by atoms with van der Waals surface area (Å²) in [4.78, 5) is 26.3. The van der Waals surface area contributed by atoms with Crippen molar-refractivity contribution in [3.05, 3.63) is 65.1 Å². The van der Waals surface area contributed by atoms with Gasteiger partial charge in [-0.25, -0.2) is 4.79 Å². The van der Waals surface area contributed by atoms with Gasteiger partial charge in [0.1, 0.15) is 0 Å². The number of fused-ring (bicyclic) bond motifs is 1. The summed E-state index contributed by atoms with van der Waals surface area (Å²) in [5.74, 6) is 0.319. The second-order valence-corrected chi connectivity index (χ2v) is 7.63. The number of aromatic nitrogens is 1. The summed E-state index contributed by atoms with van der Waals surface area (Å²) >= 11 is 1.62. The number of carbonyl (C=O) groups is 1. The molecule has 0 radical (unpaired) electrons. The van der Waals surface area contributed by atoms with Gasteiger partial charge in [0.05, 0.1) is 5.69 Å². The molecule has 0 saturated carbocycles. The zero-order valence-corrected chi connectivity index (χ0v) is 16.5. The van der Waals surface area contributed by atoms with Crippen LogP contribution in [0.25, 0.3) is 10.8 Å². The van der Waals surface area contributed by atoms with Crippen molar-refractivity contribution in [2.75, 3.05) is 16.9 Å². The minimum atomic E-state index is -0.340. The first-order valence-electron chi connectivity index (χ1n) is 8.82. The van der Waals surface area contributed by atoms with Gasteiger partial charge in [0, 0.05) is 34.1 Å². The molecule has 0 saturated heterocycles. The van der Waals surface area contributed by atoms with Crippen LogP contribution < -0.4 is 16.2 Å². The third-order valence-electron chi connectivity index (χ3n) is 4.13. The van der Waals surface area contributed by atoms with Crippen LogP contribution in [0.3, 0.4) is 0 Å². The molecule has 0 bridgehead atoms. The number of anilines is 2. The highest BCUT2D eigenvalue weighted by Crippen LogP contribution is 2.22. The van der Waals surface area contributed by atoms with Crippen LogP contribution in [0.4, 0.5) is 16.2 Å². The van der Waals surface area contributed by atoms with Crippen LogP contribution in [0, 0.1) is 5.92 Å². The Kier molecular flexibility index (Phi) is 5.86. The highest BCUT2D eigenvalue weighted by Gasteiger charge is 2.12. The molecule has 1 aromatic heterocycles. The van der Waals surface area contributed by atoms with Gasteiger partial charge < -0.3 is 15.2 Å². The Bertz CT molecular complexity index is 1030. The van der Waals surface area contributed by atoms with Crippen molar-refractivity contribution < 1.29 is 4.79 Å². The predicted octanol–water partition coefficient (Wildman–Crippen LogP) is 5.02. The molecule has 2 aromatic carbocycles. The zero-order valence-electron chi connectivity index (χ0n) is 15.7. The van der Waals surface area contributed by atoms with Crippen molar-refractivity contribution in [3.63, 3.8) is 0 Å². The fourth-order valence-corrected chi connectivity index (χ4v) is 3.42. The number of hydrogen-bond donors (Lipinski definition) is 2. The summed E-state index contributed by atoms with van der Waals surface area (Å²) in [6.45, 7) is 4.70. The van der Waals surface area contributed by atoms with E-state index >= 15 is 0 Å². The van der Waals surface area contributed by atoms with Crippen molar-refractivity contribution in [1.82, 2.24) is 4.57 Å². The molecule has 0 spiro atoms. The third-order valence-corrected chi connectivity index (χ3v) is 4.86. The van der Waals surface area contributed by atoms with E-state index in [1.54, 1.807) is 28.6 Å². The first kappa shape index (κ1) is 19.0. The van der Waals surface area contributed by atoms with Crippen molar-refractivity contribution in [1.29, 1.82) is 0 Å². The number of rotatable bonds is 5. The molecule has 0 aliphatic rings. The van der Waals surface area contributed by atoms with E-state index in [2.05, 4.69) is 24.5 Å². The third kappa shape index (κ3) is 4.52. The molecule has 3 rings (SSSR count). The van der Waals surface area contributed by atoms with E-state index in [1.165, 1.54) is 0 Å². The molecular weight excluding hydrogens is 358 g/mol. The summed E-state index contributed by atoms with van der Waals surface area (Å²) < 4.78 is 1.66. The average molecular weight is 382 g/mol. The highest BCUT2D eigenvalue weighted by molar-refractivity contribution is 7.98. The Morgan fingerprint density at radius 3 is 2.52 bits per heavy atom. The quantitative estimate of drug-likeness (QED) is 0.610. The fraction of sp³-hybridized carbons (Fsp3) is 0.238. The maximum absolute atomic E-state index is 12.7. The number of hydrogen-bond acceptors (Lipinski definition) is 3. The van der Waals surface area contributed by atoms with Crippen molar-refractivity contribution in [3.8, 4) is 0 Å². The Balaban J connectivity index is 1.92. The lowest BCUT2D eigenvalue weighted by molar-refractivity contribution is 0.262. The zero-order chi connectivity index (χ0) is 19.4. The maximum atomic E-state index is 12.7. The predicted molar refractivity (Wildman–Crippen MR) is 114 cm³/mol. The topological polar surface area (TPSA) is 63.1 Å². The van der Waals surface area contributed by atoms with Crippen LogP contribution >= 0.6 is 11.8 Å². The Morgan fingerprint density at radius 2 is 1.81 bits per heavy atom. The van der Waals surface area contributed by atoms with Gasteiger partial charge in [-0.3, -0.25) is 4.79 Å². The van der Waals surface area contributed by atoms with E-state index in [0.29, 0.717) is 23.5 Å².